The zero-order valence-corrected chi connectivity index (χ0v) is 11.6. The SMILES string of the molecule is NC(=O)CSc1nnnn1-c1ccc(I)cc1. The number of nitrogens with zero attached hydrogens (tertiary/aromatic N) is 4. The number of hydrogen-bond donors (Lipinski definition) is 1. The highest BCUT2D eigenvalue weighted by Gasteiger charge is 2.09. The lowest BCUT2D eigenvalue weighted by atomic mass is 10.3. The van der Waals surface area contributed by atoms with Crippen LogP contribution in [-0.4, -0.2) is 31.9 Å². The zero-order valence-electron chi connectivity index (χ0n) is 8.58. The lowest BCUT2D eigenvalue weighted by molar-refractivity contribution is -0.115. The van der Waals surface area contributed by atoms with Crippen LogP contribution in [0.15, 0.2) is 29.4 Å². The van der Waals surface area contributed by atoms with Gasteiger partial charge < -0.3 is 5.73 Å². The molecule has 0 radical (unpaired) electrons. The second kappa shape index (κ2) is 5.45. The van der Waals surface area contributed by atoms with Crippen LogP contribution in [0.1, 0.15) is 0 Å². The van der Waals surface area contributed by atoms with Crippen LogP contribution in [0.25, 0.3) is 5.69 Å². The molecule has 0 bridgehead atoms. The zero-order chi connectivity index (χ0) is 12.3. The van der Waals surface area contributed by atoms with Crippen molar-refractivity contribution in [1.82, 2.24) is 20.2 Å². The van der Waals surface area contributed by atoms with Gasteiger partial charge in [0.05, 0.1) is 11.4 Å². The van der Waals surface area contributed by atoms with E-state index in [1.807, 2.05) is 24.3 Å². The number of rotatable bonds is 4. The van der Waals surface area contributed by atoms with Crippen molar-refractivity contribution in [2.75, 3.05) is 5.75 Å². The first-order chi connectivity index (χ1) is 8.16. The highest BCUT2D eigenvalue weighted by molar-refractivity contribution is 14.1. The smallest absolute Gasteiger partial charge is 0.227 e. The number of thioether (sulfide) groups is 1. The Morgan fingerprint density at radius 2 is 2.12 bits per heavy atom. The number of primary amides is 1. The Morgan fingerprint density at radius 3 is 2.76 bits per heavy atom. The van der Waals surface area contributed by atoms with E-state index in [0.717, 1.165) is 9.26 Å². The summed E-state index contributed by atoms with van der Waals surface area (Å²) in [5.41, 5.74) is 5.93. The molecule has 0 aliphatic rings. The minimum Gasteiger partial charge on any atom is -0.369 e. The third-order valence-corrected chi connectivity index (χ3v) is 3.52. The van der Waals surface area contributed by atoms with E-state index in [2.05, 4.69) is 38.1 Å². The van der Waals surface area contributed by atoms with Gasteiger partial charge in [-0.25, -0.2) is 0 Å². The Hall–Kier alpha value is -1.16. The number of benzene rings is 1. The Labute approximate surface area is 115 Å². The van der Waals surface area contributed by atoms with Gasteiger partial charge in [-0.3, -0.25) is 4.79 Å². The van der Waals surface area contributed by atoms with Gasteiger partial charge in [0.25, 0.3) is 0 Å². The summed E-state index contributed by atoms with van der Waals surface area (Å²) in [5.74, 6) is -0.239. The summed E-state index contributed by atoms with van der Waals surface area (Å²) < 4.78 is 2.70. The maximum atomic E-state index is 10.7. The first-order valence-corrected chi connectivity index (χ1v) is 6.68. The van der Waals surface area contributed by atoms with E-state index in [1.165, 1.54) is 11.8 Å². The molecule has 1 aromatic carbocycles. The molecular weight excluding hydrogens is 353 g/mol. The number of nitrogens with two attached hydrogens (primary N) is 1. The normalized spacial score (nSPS) is 10.4. The summed E-state index contributed by atoms with van der Waals surface area (Å²) in [6.07, 6.45) is 0. The van der Waals surface area contributed by atoms with Crippen molar-refractivity contribution in [2.45, 2.75) is 5.16 Å². The molecular formula is C9H8IN5OS. The van der Waals surface area contributed by atoms with Gasteiger partial charge in [0.15, 0.2) is 0 Å². The van der Waals surface area contributed by atoms with E-state index in [4.69, 9.17) is 5.73 Å². The number of tetrazole rings is 1. The lowest BCUT2D eigenvalue weighted by Crippen LogP contribution is -2.13. The van der Waals surface area contributed by atoms with Gasteiger partial charge in [-0.15, -0.1) is 5.10 Å². The van der Waals surface area contributed by atoms with Crippen molar-refractivity contribution in [2.24, 2.45) is 5.73 Å². The molecule has 0 saturated heterocycles. The molecule has 0 unspecified atom stereocenters. The summed E-state index contributed by atoms with van der Waals surface area (Å²) >= 11 is 3.43. The summed E-state index contributed by atoms with van der Waals surface area (Å²) in [5, 5.41) is 11.8. The Balaban J connectivity index is 2.24. The van der Waals surface area contributed by atoms with Crippen molar-refractivity contribution < 1.29 is 4.79 Å². The standard InChI is InChI=1S/C9H8IN5OS/c10-6-1-3-7(4-2-6)15-9(12-13-14-15)17-5-8(11)16/h1-4H,5H2,(H2,11,16). The fraction of sp³-hybridized carbons (Fsp3) is 0.111. The summed E-state index contributed by atoms with van der Waals surface area (Å²) in [7, 11) is 0. The van der Waals surface area contributed by atoms with Crippen molar-refractivity contribution in [3.05, 3.63) is 27.8 Å². The van der Waals surface area contributed by atoms with Crippen molar-refractivity contribution >= 4 is 40.3 Å². The molecule has 0 aliphatic carbocycles. The fourth-order valence-corrected chi connectivity index (χ4v) is 2.14. The molecule has 0 aliphatic heterocycles. The number of halogens is 1. The lowest BCUT2D eigenvalue weighted by Gasteiger charge is -2.02. The summed E-state index contributed by atoms with van der Waals surface area (Å²) in [4.78, 5) is 10.7. The highest BCUT2D eigenvalue weighted by atomic mass is 127. The summed E-state index contributed by atoms with van der Waals surface area (Å²) in [6.45, 7) is 0. The molecule has 8 heteroatoms. The molecule has 0 fully saturated rings. The first kappa shape index (κ1) is 12.3. The minimum atomic E-state index is -0.396. The van der Waals surface area contributed by atoms with E-state index < -0.39 is 5.91 Å². The topological polar surface area (TPSA) is 86.7 Å². The Morgan fingerprint density at radius 1 is 1.41 bits per heavy atom. The largest absolute Gasteiger partial charge is 0.369 e. The maximum Gasteiger partial charge on any atom is 0.227 e. The van der Waals surface area contributed by atoms with Gasteiger partial charge in [0.2, 0.25) is 11.1 Å². The molecule has 0 atom stereocenters. The average molecular weight is 361 g/mol. The van der Waals surface area contributed by atoms with Crippen LogP contribution in [0.2, 0.25) is 0 Å². The molecule has 0 saturated carbocycles. The third-order valence-electron chi connectivity index (χ3n) is 1.86. The average Bonchev–Trinajstić information content (AvgIpc) is 2.75. The highest BCUT2D eigenvalue weighted by Crippen LogP contribution is 2.18. The first-order valence-electron chi connectivity index (χ1n) is 4.62. The van der Waals surface area contributed by atoms with E-state index in [0.29, 0.717) is 5.16 Å². The van der Waals surface area contributed by atoms with Gasteiger partial charge in [-0.2, -0.15) is 4.68 Å². The quantitative estimate of drug-likeness (QED) is 0.644. The predicted molar refractivity (Wildman–Crippen MR) is 71.8 cm³/mol. The number of aromatic nitrogens is 4. The second-order valence-corrected chi connectivity index (χ2v) is 5.29. The molecule has 2 rings (SSSR count). The molecule has 88 valence electrons. The van der Waals surface area contributed by atoms with Crippen molar-refractivity contribution in [1.29, 1.82) is 0 Å². The molecule has 2 aromatic rings. The number of carbonyl (C=O) groups is 1. The van der Waals surface area contributed by atoms with Crippen LogP contribution in [0, 0.1) is 3.57 Å². The molecule has 17 heavy (non-hydrogen) atoms. The van der Waals surface area contributed by atoms with Crippen LogP contribution in [-0.2, 0) is 4.79 Å². The van der Waals surface area contributed by atoms with Gasteiger partial charge in [0.1, 0.15) is 0 Å². The number of carbonyl (C=O) groups excluding carboxylic acids is 1. The molecule has 6 nitrogen and oxygen atoms in total. The second-order valence-electron chi connectivity index (χ2n) is 3.10. The Bertz CT molecular complexity index is 526. The van der Waals surface area contributed by atoms with Crippen LogP contribution >= 0.6 is 34.4 Å². The molecule has 1 amide bonds. The van der Waals surface area contributed by atoms with Crippen LogP contribution in [0.5, 0.6) is 0 Å². The minimum absolute atomic E-state index is 0.157. The number of amides is 1. The third kappa shape index (κ3) is 3.16. The molecule has 2 N–H and O–H groups in total. The van der Waals surface area contributed by atoms with E-state index in [9.17, 15) is 4.79 Å². The molecule has 0 spiro atoms. The molecule has 1 aromatic heterocycles. The van der Waals surface area contributed by atoms with Crippen molar-refractivity contribution in [3.8, 4) is 5.69 Å². The van der Waals surface area contributed by atoms with Crippen LogP contribution in [0.3, 0.4) is 0 Å². The van der Waals surface area contributed by atoms with Gasteiger partial charge in [0, 0.05) is 3.57 Å². The summed E-state index contributed by atoms with van der Waals surface area (Å²) in [6, 6.07) is 7.74. The Kier molecular flexibility index (Phi) is 3.94. The monoisotopic (exact) mass is 361 g/mol. The van der Waals surface area contributed by atoms with Gasteiger partial charge in [-0.1, -0.05) is 11.8 Å². The van der Waals surface area contributed by atoms with Crippen molar-refractivity contribution in [3.63, 3.8) is 0 Å². The fourth-order valence-electron chi connectivity index (χ4n) is 1.15. The van der Waals surface area contributed by atoms with E-state index >= 15 is 0 Å². The van der Waals surface area contributed by atoms with Crippen LogP contribution < -0.4 is 5.73 Å². The maximum absolute atomic E-state index is 10.7. The van der Waals surface area contributed by atoms with Gasteiger partial charge >= 0.3 is 0 Å². The molecule has 1 heterocycles. The predicted octanol–water partition coefficient (Wildman–Crippen LogP) is 0.844. The van der Waals surface area contributed by atoms with E-state index in [-0.39, 0.29) is 5.75 Å². The number of hydrogen-bond acceptors (Lipinski definition) is 5. The van der Waals surface area contributed by atoms with E-state index in [1.54, 1.807) is 4.68 Å². The van der Waals surface area contributed by atoms with Gasteiger partial charge in [-0.05, 0) is 57.3 Å². The van der Waals surface area contributed by atoms with Crippen LogP contribution in [0.4, 0.5) is 0 Å².